The first-order chi connectivity index (χ1) is 12.8. The molecule has 0 saturated carbocycles. The zero-order valence-electron chi connectivity index (χ0n) is 14.1. The first-order valence-corrected chi connectivity index (χ1v) is 9.23. The van der Waals surface area contributed by atoms with Gasteiger partial charge in [-0.2, -0.15) is 0 Å². The maximum Gasteiger partial charge on any atom is 0.237 e. The third-order valence-electron chi connectivity index (χ3n) is 4.15. The molecular formula is C19H17N5OS. The fourth-order valence-electron chi connectivity index (χ4n) is 2.84. The van der Waals surface area contributed by atoms with Crippen molar-refractivity contribution in [1.29, 1.82) is 0 Å². The van der Waals surface area contributed by atoms with E-state index in [1.165, 1.54) is 18.1 Å². The molecular weight excluding hydrogens is 346 g/mol. The van der Waals surface area contributed by atoms with E-state index in [0.717, 1.165) is 27.0 Å². The van der Waals surface area contributed by atoms with E-state index in [9.17, 15) is 4.79 Å². The number of nitrogens with one attached hydrogen (secondary N) is 2. The molecule has 26 heavy (non-hydrogen) atoms. The molecule has 2 N–H and O–H groups in total. The van der Waals surface area contributed by atoms with Crippen molar-refractivity contribution >= 4 is 45.3 Å². The van der Waals surface area contributed by atoms with E-state index in [4.69, 9.17) is 0 Å². The van der Waals surface area contributed by atoms with Gasteiger partial charge in [-0.25, -0.2) is 15.0 Å². The van der Waals surface area contributed by atoms with E-state index in [1.807, 2.05) is 49.4 Å². The fraction of sp³-hybridized carbons (Fsp3) is 0.158. The number of aromatic nitrogens is 4. The average Bonchev–Trinajstić information content (AvgIpc) is 3.16. The quantitative estimate of drug-likeness (QED) is 0.413. The van der Waals surface area contributed by atoms with Crippen molar-refractivity contribution in [3.05, 3.63) is 55.1 Å². The Hall–Kier alpha value is -2.93. The lowest BCUT2D eigenvalue weighted by molar-refractivity contribution is -0.115. The van der Waals surface area contributed by atoms with Crippen LogP contribution in [0, 0.1) is 0 Å². The predicted octanol–water partition coefficient (Wildman–Crippen LogP) is 4.02. The molecule has 0 spiro atoms. The number of aromatic amines is 1. The lowest BCUT2D eigenvalue weighted by Gasteiger charge is -2.15. The summed E-state index contributed by atoms with van der Waals surface area (Å²) in [6.07, 6.45) is 3.74. The van der Waals surface area contributed by atoms with Crippen LogP contribution in [0.25, 0.3) is 21.9 Å². The van der Waals surface area contributed by atoms with Crippen LogP contribution in [0.4, 0.5) is 5.69 Å². The Kier molecular flexibility index (Phi) is 4.53. The van der Waals surface area contributed by atoms with Gasteiger partial charge in [0.05, 0.1) is 11.6 Å². The molecule has 2 heterocycles. The number of benzene rings is 2. The molecule has 0 aliphatic heterocycles. The normalized spacial score (nSPS) is 12.3. The smallest absolute Gasteiger partial charge is 0.237 e. The third-order valence-corrected chi connectivity index (χ3v) is 5.52. The van der Waals surface area contributed by atoms with Crippen molar-refractivity contribution in [3.8, 4) is 0 Å². The van der Waals surface area contributed by atoms with Crippen LogP contribution in [0.1, 0.15) is 13.3 Å². The van der Waals surface area contributed by atoms with Gasteiger partial charge in [0, 0.05) is 11.1 Å². The Labute approximate surface area is 154 Å². The molecule has 0 unspecified atom stereocenters. The second kappa shape index (κ2) is 7.13. The van der Waals surface area contributed by atoms with Gasteiger partial charge in [-0.1, -0.05) is 55.1 Å². The lowest BCUT2D eigenvalue weighted by Crippen LogP contribution is -2.24. The molecule has 0 radical (unpaired) electrons. The first-order valence-electron chi connectivity index (χ1n) is 8.35. The third kappa shape index (κ3) is 3.13. The Morgan fingerprint density at radius 3 is 2.88 bits per heavy atom. The van der Waals surface area contributed by atoms with Gasteiger partial charge in [0.15, 0.2) is 5.65 Å². The van der Waals surface area contributed by atoms with Crippen LogP contribution in [0.3, 0.4) is 0 Å². The molecule has 2 aromatic heterocycles. The van der Waals surface area contributed by atoms with Gasteiger partial charge in [0.1, 0.15) is 16.9 Å². The number of thioether (sulfide) groups is 1. The van der Waals surface area contributed by atoms with Gasteiger partial charge in [-0.05, 0) is 17.9 Å². The second-order valence-corrected chi connectivity index (χ2v) is 7.00. The number of hydrogen-bond donors (Lipinski definition) is 2. The van der Waals surface area contributed by atoms with Gasteiger partial charge in [0.25, 0.3) is 0 Å². The van der Waals surface area contributed by atoms with Gasteiger partial charge in [-0.15, -0.1) is 0 Å². The van der Waals surface area contributed by atoms with Crippen LogP contribution in [0.2, 0.25) is 0 Å². The Morgan fingerprint density at radius 1 is 1.15 bits per heavy atom. The van der Waals surface area contributed by atoms with Crippen molar-refractivity contribution in [2.24, 2.45) is 0 Å². The Bertz CT molecular complexity index is 1070. The van der Waals surface area contributed by atoms with Gasteiger partial charge < -0.3 is 10.3 Å². The maximum atomic E-state index is 12.9. The largest absolute Gasteiger partial charge is 0.341 e. The van der Waals surface area contributed by atoms with Crippen LogP contribution < -0.4 is 5.32 Å². The highest BCUT2D eigenvalue weighted by Crippen LogP contribution is 2.30. The molecule has 1 amide bonds. The van der Waals surface area contributed by atoms with Gasteiger partial charge in [-0.3, -0.25) is 4.79 Å². The van der Waals surface area contributed by atoms with Crippen LogP contribution in [-0.2, 0) is 4.79 Å². The summed E-state index contributed by atoms with van der Waals surface area (Å²) in [7, 11) is 0. The molecule has 4 aromatic rings. The molecule has 0 saturated heterocycles. The zero-order chi connectivity index (χ0) is 17.9. The highest BCUT2D eigenvalue weighted by atomic mass is 32.2. The van der Waals surface area contributed by atoms with Crippen molar-refractivity contribution in [2.45, 2.75) is 23.6 Å². The highest BCUT2D eigenvalue weighted by Gasteiger charge is 2.21. The topological polar surface area (TPSA) is 83.6 Å². The summed E-state index contributed by atoms with van der Waals surface area (Å²) >= 11 is 1.42. The molecule has 0 bridgehead atoms. The lowest BCUT2D eigenvalue weighted by atomic mass is 10.1. The van der Waals surface area contributed by atoms with Crippen molar-refractivity contribution in [1.82, 2.24) is 19.9 Å². The summed E-state index contributed by atoms with van der Waals surface area (Å²) in [5, 5.41) is 5.66. The molecule has 130 valence electrons. The zero-order valence-corrected chi connectivity index (χ0v) is 15.0. The maximum absolute atomic E-state index is 12.9. The number of rotatable bonds is 5. The van der Waals surface area contributed by atoms with Crippen molar-refractivity contribution < 1.29 is 4.79 Å². The second-order valence-electron chi connectivity index (χ2n) is 5.81. The van der Waals surface area contributed by atoms with Gasteiger partial charge >= 0.3 is 0 Å². The fourth-order valence-corrected chi connectivity index (χ4v) is 3.82. The number of nitrogens with zero attached hydrogens (tertiary/aromatic N) is 3. The molecule has 4 rings (SSSR count). The first kappa shape index (κ1) is 16.5. The highest BCUT2D eigenvalue weighted by molar-refractivity contribution is 8.00. The van der Waals surface area contributed by atoms with Crippen molar-refractivity contribution in [3.63, 3.8) is 0 Å². The number of carbonyl (C=O) groups is 1. The summed E-state index contributed by atoms with van der Waals surface area (Å²) in [4.78, 5) is 28.5. The summed E-state index contributed by atoms with van der Waals surface area (Å²) in [6.45, 7) is 1.99. The van der Waals surface area contributed by atoms with Crippen LogP contribution >= 0.6 is 11.8 Å². The van der Waals surface area contributed by atoms with Crippen LogP contribution in [-0.4, -0.2) is 31.1 Å². The number of hydrogen-bond acceptors (Lipinski definition) is 5. The monoisotopic (exact) mass is 363 g/mol. The van der Waals surface area contributed by atoms with Crippen LogP contribution in [0.5, 0.6) is 0 Å². The summed E-state index contributed by atoms with van der Waals surface area (Å²) < 4.78 is 0. The number of fused-ring (bicyclic) bond motifs is 2. The van der Waals surface area contributed by atoms with E-state index in [0.29, 0.717) is 12.1 Å². The minimum atomic E-state index is -0.268. The number of carbonyl (C=O) groups excluding carboxylic acids is 1. The van der Waals surface area contributed by atoms with E-state index >= 15 is 0 Å². The molecule has 1 atom stereocenters. The molecule has 2 aromatic carbocycles. The predicted molar refractivity (Wildman–Crippen MR) is 104 cm³/mol. The Morgan fingerprint density at radius 2 is 2.00 bits per heavy atom. The molecule has 6 nitrogen and oxygen atoms in total. The molecule has 0 fully saturated rings. The summed E-state index contributed by atoms with van der Waals surface area (Å²) in [5.74, 6) is -0.0415. The molecule has 7 heteroatoms. The van der Waals surface area contributed by atoms with E-state index < -0.39 is 0 Å². The summed E-state index contributed by atoms with van der Waals surface area (Å²) in [5.41, 5.74) is 2.18. The van der Waals surface area contributed by atoms with E-state index in [1.54, 1.807) is 6.33 Å². The molecule has 0 aliphatic carbocycles. The van der Waals surface area contributed by atoms with E-state index in [-0.39, 0.29) is 11.2 Å². The van der Waals surface area contributed by atoms with E-state index in [2.05, 4.69) is 25.3 Å². The summed E-state index contributed by atoms with van der Waals surface area (Å²) in [6, 6.07) is 13.9. The minimum absolute atomic E-state index is 0.0415. The Balaban J connectivity index is 1.58. The number of anilines is 1. The minimum Gasteiger partial charge on any atom is -0.341 e. The standard InChI is InChI=1S/C19H17N5OS/c1-2-15(26-19-16-17(21-10-20-16)22-11-23-19)18(25)24-14-9-5-7-12-6-3-4-8-13(12)14/h3-11,15H,2H2,1H3,(H,24,25)(H,20,21,22,23)/t15-/m1/s1. The van der Waals surface area contributed by atoms with Gasteiger partial charge in [0.2, 0.25) is 5.91 Å². The number of amides is 1. The number of imidazole rings is 1. The van der Waals surface area contributed by atoms with Crippen molar-refractivity contribution in [2.75, 3.05) is 5.32 Å². The molecule has 0 aliphatic rings. The number of H-pyrrole nitrogens is 1. The van der Waals surface area contributed by atoms with Crippen LogP contribution in [0.15, 0.2) is 60.1 Å². The average molecular weight is 363 g/mol. The SMILES string of the molecule is CC[C@@H](Sc1ncnc2nc[nH]c12)C(=O)Nc1cccc2ccccc12.